The number of hydrogen-bond donors (Lipinski definition) is 0. The highest BCUT2D eigenvalue weighted by Gasteiger charge is 2.40. The number of fused-ring (bicyclic) bond motifs is 3. The number of para-hydroxylation sites is 1. The Labute approximate surface area is 327 Å². The maximum absolute atomic E-state index is 6.85. The molecule has 0 amide bonds. The molecule has 0 radical (unpaired) electrons. The molecule has 9 rings (SSSR count). The summed E-state index contributed by atoms with van der Waals surface area (Å²) in [6.45, 7) is 11.3. The van der Waals surface area contributed by atoms with E-state index in [2.05, 4.69) is 117 Å². The zero-order chi connectivity index (χ0) is 37.6. The van der Waals surface area contributed by atoms with Crippen LogP contribution in [0.1, 0.15) is 131 Å². The molecule has 3 aliphatic rings. The summed E-state index contributed by atoms with van der Waals surface area (Å²) in [6.07, 6.45) is 21.0. The Morgan fingerprint density at radius 3 is 2.27 bits per heavy atom. The Bertz CT molecular complexity index is 2360. The van der Waals surface area contributed by atoms with Crippen LogP contribution in [0.3, 0.4) is 0 Å². The number of benzene rings is 3. The van der Waals surface area contributed by atoms with E-state index in [1.54, 1.807) is 5.57 Å². The summed E-state index contributed by atoms with van der Waals surface area (Å²) >= 11 is 0. The van der Waals surface area contributed by atoms with E-state index in [9.17, 15) is 0 Å². The molecule has 2 saturated carbocycles. The molecule has 55 heavy (non-hydrogen) atoms. The molecule has 0 spiro atoms. The Hall–Kier alpha value is -4.64. The van der Waals surface area contributed by atoms with Gasteiger partial charge in [-0.3, -0.25) is 4.57 Å². The number of aromatic nitrogens is 4. The summed E-state index contributed by atoms with van der Waals surface area (Å²) in [5.41, 5.74) is 11.5. The summed E-state index contributed by atoms with van der Waals surface area (Å²) in [5, 5.41) is 7.80. The lowest BCUT2D eigenvalue weighted by atomic mass is 9.62. The lowest BCUT2D eigenvalue weighted by molar-refractivity contribution is 0.198. The first-order chi connectivity index (χ1) is 26.8. The second-order valence-electron chi connectivity index (χ2n) is 17.4. The molecule has 6 aromatic rings. The summed E-state index contributed by atoms with van der Waals surface area (Å²) in [7, 11) is 0. The van der Waals surface area contributed by atoms with Gasteiger partial charge in [0.1, 0.15) is 17.3 Å². The van der Waals surface area contributed by atoms with Gasteiger partial charge in [-0.1, -0.05) is 95.1 Å². The molecule has 2 atom stereocenters. The molecule has 5 heteroatoms. The largest absolute Gasteiger partial charge is 0.457 e. The summed E-state index contributed by atoms with van der Waals surface area (Å²) in [4.78, 5) is 4.79. The average molecular weight is 731 g/mol. The molecule has 3 aromatic carbocycles. The first-order valence-electron chi connectivity index (χ1n) is 21.4. The molecular weight excluding hydrogens is 673 g/mol. The highest BCUT2D eigenvalue weighted by molar-refractivity contribution is 6.09. The van der Waals surface area contributed by atoms with Crippen molar-refractivity contribution < 1.29 is 4.74 Å². The van der Waals surface area contributed by atoms with E-state index >= 15 is 0 Å². The maximum Gasteiger partial charge on any atom is 0.137 e. The summed E-state index contributed by atoms with van der Waals surface area (Å²) in [5.74, 6) is 5.67. The second-order valence-corrected chi connectivity index (χ2v) is 17.4. The number of rotatable bonds is 8. The van der Waals surface area contributed by atoms with E-state index < -0.39 is 0 Å². The van der Waals surface area contributed by atoms with Crippen molar-refractivity contribution in [3.8, 4) is 23.0 Å². The van der Waals surface area contributed by atoms with Crippen LogP contribution in [-0.2, 0) is 0 Å². The molecule has 284 valence electrons. The fourth-order valence-corrected chi connectivity index (χ4v) is 10.8. The van der Waals surface area contributed by atoms with Crippen LogP contribution >= 0.6 is 0 Å². The third-order valence-electron chi connectivity index (χ3n) is 13.5. The third-order valence-corrected chi connectivity index (χ3v) is 13.5. The molecule has 1 unspecified atom stereocenters. The summed E-state index contributed by atoms with van der Waals surface area (Å²) in [6, 6.07) is 26.0. The van der Waals surface area contributed by atoms with Gasteiger partial charge in [0.25, 0.3) is 0 Å². The van der Waals surface area contributed by atoms with Crippen LogP contribution in [0.5, 0.6) is 11.5 Å². The van der Waals surface area contributed by atoms with E-state index in [-0.39, 0.29) is 0 Å². The van der Waals surface area contributed by atoms with Crippen molar-refractivity contribution in [2.24, 2.45) is 17.8 Å². The number of aryl methyl sites for hydroxylation is 2. The van der Waals surface area contributed by atoms with Crippen LogP contribution in [0.4, 0.5) is 0 Å². The van der Waals surface area contributed by atoms with Gasteiger partial charge < -0.3 is 4.74 Å². The molecule has 0 aliphatic heterocycles. The standard InChI is InChI=1S/C50H58N4O/c1-32(2)38-28-39(30-41(29-38)55-40-23-24-45-44-19-12-13-22-46(44)53(47(45)31-40)48-27-33(3)25-26-51-48)54-35(5)49(34(4)52-54)50-42(36-15-8-6-9-16-36)20-14-21-43(50)37-17-10-7-11-18-37/h12-13,19-20,22-32,36-37,43,50H,6-11,14-18,21H2,1-5H3/t43-,50?/m1/s1. The van der Waals surface area contributed by atoms with Crippen molar-refractivity contribution in [3.05, 3.63) is 119 Å². The Kier molecular flexibility index (Phi) is 9.91. The van der Waals surface area contributed by atoms with Gasteiger partial charge in [-0.15, -0.1) is 0 Å². The molecule has 3 aromatic heterocycles. The van der Waals surface area contributed by atoms with Crippen molar-refractivity contribution >= 4 is 21.8 Å². The van der Waals surface area contributed by atoms with Crippen molar-refractivity contribution in [2.75, 3.05) is 0 Å². The lowest BCUT2D eigenvalue weighted by Gasteiger charge is -2.43. The predicted octanol–water partition coefficient (Wildman–Crippen LogP) is 13.8. The van der Waals surface area contributed by atoms with Gasteiger partial charge in [0.05, 0.1) is 22.4 Å². The predicted molar refractivity (Wildman–Crippen MR) is 227 cm³/mol. The smallest absolute Gasteiger partial charge is 0.137 e. The fraction of sp³-hybridized carbons (Fsp3) is 0.440. The van der Waals surface area contributed by atoms with Crippen LogP contribution in [0.25, 0.3) is 33.3 Å². The van der Waals surface area contributed by atoms with E-state index in [1.807, 2.05) is 12.3 Å². The lowest BCUT2D eigenvalue weighted by Crippen LogP contribution is -2.31. The molecule has 0 N–H and O–H groups in total. The van der Waals surface area contributed by atoms with Gasteiger partial charge >= 0.3 is 0 Å². The number of allylic oxidation sites excluding steroid dienone is 2. The minimum Gasteiger partial charge on any atom is -0.457 e. The second kappa shape index (κ2) is 15.1. The normalized spacial score (nSPS) is 20.1. The van der Waals surface area contributed by atoms with Crippen LogP contribution in [0, 0.1) is 38.5 Å². The van der Waals surface area contributed by atoms with Crippen molar-refractivity contribution in [1.82, 2.24) is 19.3 Å². The van der Waals surface area contributed by atoms with Gasteiger partial charge in [0, 0.05) is 46.3 Å². The number of nitrogens with zero attached hydrogens (tertiary/aromatic N) is 4. The van der Waals surface area contributed by atoms with Gasteiger partial charge in [0.2, 0.25) is 0 Å². The van der Waals surface area contributed by atoms with E-state index in [1.165, 1.54) is 116 Å². The molecule has 0 bridgehead atoms. The molecule has 3 aliphatic carbocycles. The van der Waals surface area contributed by atoms with Crippen LogP contribution < -0.4 is 4.74 Å². The maximum atomic E-state index is 6.85. The van der Waals surface area contributed by atoms with Crippen molar-refractivity contribution in [2.45, 2.75) is 124 Å². The first kappa shape index (κ1) is 36.0. The van der Waals surface area contributed by atoms with Crippen LogP contribution in [0.15, 0.2) is 90.6 Å². The van der Waals surface area contributed by atoms with E-state index in [0.29, 0.717) is 11.8 Å². The Morgan fingerprint density at radius 2 is 1.49 bits per heavy atom. The van der Waals surface area contributed by atoms with Gasteiger partial charge in [-0.05, 0) is 124 Å². The molecule has 2 fully saturated rings. The van der Waals surface area contributed by atoms with E-state index in [4.69, 9.17) is 14.8 Å². The zero-order valence-corrected chi connectivity index (χ0v) is 33.7. The number of ether oxygens (including phenoxy) is 1. The zero-order valence-electron chi connectivity index (χ0n) is 33.7. The quantitative estimate of drug-likeness (QED) is 0.146. The SMILES string of the molecule is Cc1ccnc(-n2c3ccccc3c3ccc(Oc4cc(C(C)C)cc(-n5nc(C)c(C6C(C7CCCCC7)=CCC[C@@H]6C6CCCCC6)c5C)c4)cc32)c1. The minimum absolute atomic E-state index is 0.339. The van der Waals surface area contributed by atoms with Crippen molar-refractivity contribution in [1.29, 1.82) is 0 Å². The van der Waals surface area contributed by atoms with Crippen LogP contribution in [0.2, 0.25) is 0 Å². The first-order valence-corrected chi connectivity index (χ1v) is 21.4. The van der Waals surface area contributed by atoms with E-state index in [0.717, 1.165) is 51.8 Å². The van der Waals surface area contributed by atoms with Crippen molar-refractivity contribution in [3.63, 3.8) is 0 Å². The molecule has 5 nitrogen and oxygen atoms in total. The monoisotopic (exact) mass is 730 g/mol. The molecule has 3 heterocycles. The number of pyridine rings is 1. The highest BCUT2D eigenvalue weighted by atomic mass is 16.5. The molecule has 0 saturated heterocycles. The number of hydrogen-bond acceptors (Lipinski definition) is 3. The average Bonchev–Trinajstić information content (AvgIpc) is 3.70. The Morgan fingerprint density at radius 1 is 0.727 bits per heavy atom. The third kappa shape index (κ3) is 6.83. The molecular formula is C50H58N4O. The fourth-order valence-electron chi connectivity index (χ4n) is 10.8. The highest BCUT2D eigenvalue weighted by Crippen LogP contribution is 2.52. The van der Waals surface area contributed by atoms with Crippen LogP contribution in [-0.4, -0.2) is 19.3 Å². The topological polar surface area (TPSA) is 44.9 Å². The minimum atomic E-state index is 0.339. The van der Waals surface area contributed by atoms with Gasteiger partial charge in [-0.25, -0.2) is 9.67 Å². The Balaban J connectivity index is 1.11. The summed E-state index contributed by atoms with van der Waals surface area (Å²) < 4.78 is 11.4. The van der Waals surface area contributed by atoms with Gasteiger partial charge in [0.15, 0.2) is 0 Å². The van der Waals surface area contributed by atoms with Gasteiger partial charge in [-0.2, -0.15) is 5.10 Å².